The van der Waals surface area contributed by atoms with E-state index >= 15 is 0 Å². The molecular weight excluding hydrogens is 362 g/mol. The van der Waals surface area contributed by atoms with Crippen molar-refractivity contribution >= 4 is 22.8 Å². The summed E-state index contributed by atoms with van der Waals surface area (Å²) in [6.07, 6.45) is 0.168. The Labute approximate surface area is 160 Å². The Kier molecular flexibility index (Phi) is 5.74. The lowest BCUT2D eigenvalue weighted by molar-refractivity contribution is -0.145. The molecule has 2 N–H and O–H groups in total. The molecule has 0 spiro atoms. The molecule has 1 heterocycles. The molecule has 0 aliphatic carbocycles. The van der Waals surface area contributed by atoms with Crippen LogP contribution in [0.3, 0.4) is 0 Å². The zero-order valence-corrected chi connectivity index (χ0v) is 15.2. The normalized spacial score (nSPS) is 10.6. The zero-order valence-electron chi connectivity index (χ0n) is 15.2. The number of ether oxygens (including phenoxy) is 1. The molecule has 0 bridgehead atoms. The van der Waals surface area contributed by atoms with Crippen LogP contribution in [0.1, 0.15) is 16.7 Å². The predicted molar refractivity (Wildman–Crippen MR) is 102 cm³/mol. The van der Waals surface area contributed by atoms with E-state index in [0.717, 1.165) is 5.56 Å². The number of benzene rings is 2. The number of carbonyl (C=O) groups is 2. The van der Waals surface area contributed by atoms with Gasteiger partial charge in [-0.3, -0.25) is 9.59 Å². The Hall–Kier alpha value is -3.61. The molecule has 0 aliphatic heterocycles. The summed E-state index contributed by atoms with van der Waals surface area (Å²) >= 11 is 0. The van der Waals surface area contributed by atoms with E-state index in [9.17, 15) is 19.5 Å². The van der Waals surface area contributed by atoms with E-state index in [-0.39, 0.29) is 36.8 Å². The number of fused-ring (bicyclic) bond motifs is 1. The third kappa shape index (κ3) is 4.56. The molecule has 0 saturated heterocycles. The van der Waals surface area contributed by atoms with Gasteiger partial charge in [0.1, 0.15) is 24.5 Å². The number of esters is 1. The fourth-order valence-corrected chi connectivity index (χ4v) is 2.76. The van der Waals surface area contributed by atoms with Crippen molar-refractivity contribution in [1.29, 1.82) is 0 Å². The summed E-state index contributed by atoms with van der Waals surface area (Å²) in [5.74, 6) is -0.913. The summed E-state index contributed by atoms with van der Waals surface area (Å²) in [4.78, 5) is 35.6. The lowest BCUT2D eigenvalue weighted by Gasteiger charge is -2.10. The molecule has 1 aromatic heterocycles. The molecule has 28 heavy (non-hydrogen) atoms. The van der Waals surface area contributed by atoms with Gasteiger partial charge in [0, 0.05) is 22.6 Å². The highest BCUT2D eigenvalue weighted by atomic mass is 16.5. The number of carbonyl (C=O) groups excluding carboxylic acids is 2. The van der Waals surface area contributed by atoms with Crippen molar-refractivity contribution in [2.45, 2.75) is 20.0 Å². The van der Waals surface area contributed by atoms with Gasteiger partial charge in [0.25, 0.3) is 0 Å². The molecule has 0 aliphatic rings. The number of phenolic OH excluding ortho intramolecular Hbond substituents is 1. The molecule has 0 atom stereocenters. The first-order valence-electron chi connectivity index (χ1n) is 8.65. The van der Waals surface area contributed by atoms with Gasteiger partial charge in [0.15, 0.2) is 0 Å². The van der Waals surface area contributed by atoms with E-state index in [1.165, 1.54) is 12.1 Å². The SMILES string of the molecule is Cc1c(O)ccc2c(COC(=O)CNC(=O)Cc3ccccc3)cc(=O)oc12. The van der Waals surface area contributed by atoms with E-state index < -0.39 is 11.6 Å². The van der Waals surface area contributed by atoms with Gasteiger partial charge in [-0.2, -0.15) is 0 Å². The van der Waals surface area contributed by atoms with E-state index in [1.54, 1.807) is 13.0 Å². The second-order valence-corrected chi connectivity index (χ2v) is 6.28. The van der Waals surface area contributed by atoms with Crippen molar-refractivity contribution in [3.8, 4) is 5.75 Å². The van der Waals surface area contributed by atoms with Crippen LogP contribution < -0.4 is 10.9 Å². The maximum Gasteiger partial charge on any atom is 0.336 e. The molecule has 144 valence electrons. The highest BCUT2D eigenvalue weighted by Crippen LogP contribution is 2.27. The summed E-state index contributed by atoms with van der Waals surface area (Å²) in [7, 11) is 0. The summed E-state index contributed by atoms with van der Waals surface area (Å²) < 4.78 is 10.3. The maximum atomic E-state index is 11.9. The number of aromatic hydroxyl groups is 1. The molecule has 1 amide bonds. The standard InChI is InChI=1S/C21H19NO6/c1-13-17(23)8-7-16-15(10-19(25)28-21(13)16)12-27-20(26)11-22-18(24)9-14-5-3-2-4-6-14/h2-8,10,23H,9,11-12H2,1H3,(H,22,24). The van der Waals surface area contributed by atoms with Gasteiger partial charge in [-0.15, -0.1) is 0 Å². The number of hydrogen-bond acceptors (Lipinski definition) is 6. The van der Waals surface area contributed by atoms with Crippen molar-refractivity contribution in [3.05, 3.63) is 75.6 Å². The van der Waals surface area contributed by atoms with Gasteiger partial charge in [0.2, 0.25) is 5.91 Å². The molecule has 7 nitrogen and oxygen atoms in total. The Morgan fingerprint density at radius 2 is 1.89 bits per heavy atom. The van der Waals surface area contributed by atoms with Crippen LogP contribution in [0.25, 0.3) is 11.0 Å². The molecule has 2 aromatic carbocycles. The first-order chi connectivity index (χ1) is 13.4. The average Bonchev–Trinajstić information content (AvgIpc) is 2.68. The Balaban J connectivity index is 1.60. The van der Waals surface area contributed by atoms with Crippen LogP contribution in [0.4, 0.5) is 0 Å². The van der Waals surface area contributed by atoms with E-state index in [0.29, 0.717) is 16.5 Å². The summed E-state index contributed by atoms with van der Waals surface area (Å²) in [6, 6.07) is 13.5. The summed E-state index contributed by atoms with van der Waals surface area (Å²) in [5, 5.41) is 12.8. The minimum Gasteiger partial charge on any atom is -0.508 e. The fraction of sp³-hybridized carbons (Fsp3) is 0.190. The molecule has 0 saturated carbocycles. The summed E-state index contributed by atoms with van der Waals surface area (Å²) in [6.45, 7) is 1.20. The van der Waals surface area contributed by atoms with Gasteiger partial charge < -0.3 is 19.6 Å². The average molecular weight is 381 g/mol. The van der Waals surface area contributed by atoms with Crippen molar-refractivity contribution in [2.24, 2.45) is 0 Å². The first-order valence-corrected chi connectivity index (χ1v) is 8.65. The summed E-state index contributed by atoms with van der Waals surface area (Å²) in [5.41, 5.74) is 1.36. The van der Waals surface area contributed by atoms with E-state index in [4.69, 9.17) is 9.15 Å². The Morgan fingerprint density at radius 3 is 2.64 bits per heavy atom. The van der Waals surface area contributed by atoms with Crippen molar-refractivity contribution in [3.63, 3.8) is 0 Å². The van der Waals surface area contributed by atoms with Crippen molar-refractivity contribution in [2.75, 3.05) is 6.54 Å². The fourth-order valence-electron chi connectivity index (χ4n) is 2.76. The Bertz CT molecular complexity index is 1070. The van der Waals surface area contributed by atoms with Crippen LogP contribution in [0.2, 0.25) is 0 Å². The third-order valence-electron chi connectivity index (χ3n) is 4.24. The quantitative estimate of drug-likeness (QED) is 0.501. The van der Waals surface area contributed by atoms with Crippen LogP contribution >= 0.6 is 0 Å². The van der Waals surface area contributed by atoms with Gasteiger partial charge in [-0.25, -0.2) is 4.79 Å². The largest absolute Gasteiger partial charge is 0.508 e. The van der Waals surface area contributed by atoms with E-state index in [2.05, 4.69) is 5.32 Å². The van der Waals surface area contributed by atoms with E-state index in [1.807, 2.05) is 30.3 Å². The number of amides is 1. The number of phenols is 1. The number of nitrogens with one attached hydrogen (secondary N) is 1. The number of rotatable bonds is 6. The predicted octanol–water partition coefficient (Wildman–Crippen LogP) is 2.21. The van der Waals surface area contributed by atoms with Gasteiger partial charge in [-0.1, -0.05) is 30.3 Å². The highest BCUT2D eigenvalue weighted by molar-refractivity contribution is 5.85. The first kappa shape index (κ1) is 19.2. The zero-order chi connectivity index (χ0) is 20.1. The minimum absolute atomic E-state index is 0.00548. The van der Waals surface area contributed by atoms with Crippen LogP contribution in [-0.4, -0.2) is 23.5 Å². The second-order valence-electron chi connectivity index (χ2n) is 6.28. The molecule has 3 aromatic rings. The maximum absolute atomic E-state index is 11.9. The lowest BCUT2D eigenvalue weighted by Crippen LogP contribution is -2.31. The van der Waals surface area contributed by atoms with Crippen LogP contribution in [0.15, 0.2) is 57.7 Å². The third-order valence-corrected chi connectivity index (χ3v) is 4.24. The van der Waals surface area contributed by atoms with Crippen molar-refractivity contribution < 1.29 is 23.8 Å². The molecular formula is C21H19NO6. The lowest BCUT2D eigenvalue weighted by atomic mass is 10.1. The second kappa shape index (κ2) is 8.39. The van der Waals surface area contributed by atoms with Gasteiger partial charge in [-0.05, 0) is 24.6 Å². The highest BCUT2D eigenvalue weighted by Gasteiger charge is 2.13. The molecule has 0 radical (unpaired) electrons. The topological polar surface area (TPSA) is 106 Å². The van der Waals surface area contributed by atoms with Gasteiger partial charge >= 0.3 is 11.6 Å². The molecule has 0 fully saturated rings. The number of aryl methyl sites for hydroxylation is 1. The smallest absolute Gasteiger partial charge is 0.336 e. The van der Waals surface area contributed by atoms with Crippen molar-refractivity contribution in [1.82, 2.24) is 5.32 Å². The van der Waals surface area contributed by atoms with Gasteiger partial charge in [0.05, 0.1) is 6.42 Å². The molecule has 3 rings (SSSR count). The van der Waals surface area contributed by atoms with Crippen LogP contribution in [0.5, 0.6) is 5.75 Å². The van der Waals surface area contributed by atoms with Crippen LogP contribution in [0, 0.1) is 6.92 Å². The molecule has 0 unspecified atom stereocenters. The van der Waals surface area contributed by atoms with Crippen LogP contribution in [-0.2, 0) is 27.4 Å². The minimum atomic E-state index is -0.627. The number of hydrogen-bond donors (Lipinski definition) is 2. The monoisotopic (exact) mass is 381 g/mol. The molecule has 7 heteroatoms. The Morgan fingerprint density at radius 1 is 1.14 bits per heavy atom.